The van der Waals surface area contributed by atoms with E-state index >= 15 is 0 Å². The summed E-state index contributed by atoms with van der Waals surface area (Å²) in [7, 11) is 1.75. The first-order valence-electron chi connectivity index (χ1n) is 5.53. The Bertz CT molecular complexity index is 182. The van der Waals surface area contributed by atoms with Crippen LogP contribution in [0.4, 0.5) is 0 Å². The van der Waals surface area contributed by atoms with Crippen LogP contribution in [0.3, 0.4) is 0 Å². The standard InChI is InChI=1S/C11H21NO2/c1-3-5-10(13)8-12-7-4-6-11(9-12)14-2/h11H,3-9H2,1-2H3. The molecule has 82 valence electrons. The predicted molar refractivity (Wildman–Crippen MR) is 56.4 cm³/mol. The van der Waals surface area contributed by atoms with Gasteiger partial charge in [0.15, 0.2) is 0 Å². The van der Waals surface area contributed by atoms with E-state index in [0.29, 0.717) is 24.9 Å². The second-order valence-electron chi connectivity index (χ2n) is 4.02. The maximum Gasteiger partial charge on any atom is 0.146 e. The third-order valence-corrected chi connectivity index (χ3v) is 2.72. The molecule has 1 atom stereocenters. The van der Waals surface area contributed by atoms with Gasteiger partial charge in [-0.25, -0.2) is 0 Å². The Kier molecular flexibility index (Phi) is 5.12. The summed E-state index contributed by atoms with van der Waals surface area (Å²) in [6, 6.07) is 0. The quantitative estimate of drug-likeness (QED) is 0.671. The van der Waals surface area contributed by atoms with Crippen LogP contribution in [0.5, 0.6) is 0 Å². The Labute approximate surface area is 86.4 Å². The maximum absolute atomic E-state index is 11.4. The summed E-state index contributed by atoms with van der Waals surface area (Å²) in [4.78, 5) is 13.6. The van der Waals surface area contributed by atoms with Crippen molar-refractivity contribution in [3.63, 3.8) is 0 Å². The number of carbonyl (C=O) groups excluding carboxylic acids is 1. The van der Waals surface area contributed by atoms with Gasteiger partial charge in [-0.05, 0) is 25.8 Å². The summed E-state index contributed by atoms with van der Waals surface area (Å²) >= 11 is 0. The third kappa shape index (κ3) is 3.76. The van der Waals surface area contributed by atoms with E-state index in [1.54, 1.807) is 7.11 Å². The summed E-state index contributed by atoms with van der Waals surface area (Å²) in [5, 5.41) is 0. The van der Waals surface area contributed by atoms with Crippen molar-refractivity contribution >= 4 is 5.78 Å². The van der Waals surface area contributed by atoms with Crippen LogP contribution in [-0.2, 0) is 9.53 Å². The summed E-state index contributed by atoms with van der Waals surface area (Å²) in [5.74, 6) is 0.365. The first-order chi connectivity index (χ1) is 6.76. The number of ether oxygens (including phenoxy) is 1. The molecule has 14 heavy (non-hydrogen) atoms. The van der Waals surface area contributed by atoms with Crippen LogP contribution in [0.1, 0.15) is 32.6 Å². The maximum atomic E-state index is 11.4. The van der Waals surface area contributed by atoms with Crippen molar-refractivity contribution in [3.05, 3.63) is 0 Å². The topological polar surface area (TPSA) is 29.5 Å². The fourth-order valence-corrected chi connectivity index (χ4v) is 1.96. The van der Waals surface area contributed by atoms with Gasteiger partial charge in [0.1, 0.15) is 5.78 Å². The largest absolute Gasteiger partial charge is 0.380 e. The Hall–Kier alpha value is -0.410. The zero-order valence-electron chi connectivity index (χ0n) is 9.29. The number of hydrogen-bond acceptors (Lipinski definition) is 3. The van der Waals surface area contributed by atoms with Crippen LogP contribution in [0.15, 0.2) is 0 Å². The molecule has 1 rings (SSSR count). The molecule has 0 aliphatic carbocycles. The molecule has 0 aromatic heterocycles. The van der Waals surface area contributed by atoms with E-state index in [-0.39, 0.29) is 0 Å². The van der Waals surface area contributed by atoms with E-state index in [0.717, 1.165) is 32.4 Å². The Morgan fingerprint density at radius 3 is 3.00 bits per heavy atom. The number of likely N-dealkylation sites (tertiary alicyclic amines) is 1. The Morgan fingerprint density at radius 1 is 1.57 bits per heavy atom. The van der Waals surface area contributed by atoms with Crippen molar-refractivity contribution < 1.29 is 9.53 Å². The molecule has 3 heteroatoms. The summed E-state index contributed by atoms with van der Waals surface area (Å²) in [6.45, 7) is 4.64. The van der Waals surface area contributed by atoms with Gasteiger partial charge in [0.2, 0.25) is 0 Å². The van der Waals surface area contributed by atoms with Crippen molar-refractivity contribution in [2.45, 2.75) is 38.7 Å². The molecular weight excluding hydrogens is 178 g/mol. The normalized spacial score (nSPS) is 23.7. The van der Waals surface area contributed by atoms with Crippen LogP contribution in [0.2, 0.25) is 0 Å². The minimum Gasteiger partial charge on any atom is -0.380 e. The lowest BCUT2D eigenvalue weighted by Crippen LogP contribution is -2.41. The van der Waals surface area contributed by atoms with E-state index in [1.165, 1.54) is 0 Å². The van der Waals surface area contributed by atoms with Crippen LogP contribution in [-0.4, -0.2) is 43.5 Å². The lowest BCUT2D eigenvalue weighted by molar-refractivity contribution is -0.121. The van der Waals surface area contributed by atoms with E-state index in [2.05, 4.69) is 4.90 Å². The first kappa shape index (κ1) is 11.7. The minimum absolute atomic E-state index is 0.332. The van der Waals surface area contributed by atoms with Crippen LogP contribution >= 0.6 is 0 Å². The van der Waals surface area contributed by atoms with Gasteiger partial charge in [-0.15, -0.1) is 0 Å². The number of nitrogens with zero attached hydrogens (tertiary/aromatic N) is 1. The van der Waals surface area contributed by atoms with Crippen LogP contribution in [0.25, 0.3) is 0 Å². The van der Waals surface area contributed by atoms with E-state index in [4.69, 9.17) is 4.74 Å². The molecule has 0 saturated carbocycles. The molecule has 0 spiro atoms. The lowest BCUT2D eigenvalue weighted by Gasteiger charge is -2.31. The van der Waals surface area contributed by atoms with Crippen molar-refractivity contribution in [2.75, 3.05) is 26.7 Å². The smallest absolute Gasteiger partial charge is 0.146 e. The molecule has 0 N–H and O–H groups in total. The number of Topliss-reactive ketones (excluding diaryl/α,β-unsaturated/α-hetero) is 1. The second kappa shape index (κ2) is 6.14. The number of rotatable bonds is 5. The zero-order chi connectivity index (χ0) is 10.4. The number of methoxy groups -OCH3 is 1. The van der Waals surface area contributed by atoms with Crippen molar-refractivity contribution in [1.29, 1.82) is 0 Å². The molecule has 1 unspecified atom stereocenters. The molecule has 1 saturated heterocycles. The van der Waals surface area contributed by atoms with E-state index in [1.807, 2.05) is 6.92 Å². The molecule has 1 heterocycles. The predicted octanol–water partition coefficient (Wildman–Crippen LogP) is 1.47. The average Bonchev–Trinajstić information content (AvgIpc) is 2.18. The monoisotopic (exact) mass is 199 g/mol. The minimum atomic E-state index is 0.332. The first-order valence-corrected chi connectivity index (χ1v) is 5.53. The molecule has 0 aromatic carbocycles. The van der Waals surface area contributed by atoms with Crippen molar-refractivity contribution in [3.8, 4) is 0 Å². The molecule has 0 aromatic rings. The number of ketones is 1. The molecule has 0 amide bonds. The fraction of sp³-hybridized carbons (Fsp3) is 0.909. The highest BCUT2D eigenvalue weighted by Gasteiger charge is 2.20. The summed E-state index contributed by atoms with van der Waals surface area (Å²) in [6.07, 6.45) is 4.29. The van der Waals surface area contributed by atoms with Gasteiger partial charge >= 0.3 is 0 Å². The van der Waals surface area contributed by atoms with Gasteiger partial charge in [0.05, 0.1) is 12.6 Å². The van der Waals surface area contributed by atoms with E-state index < -0.39 is 0 Å². The molecule has 1 aliphatic heterocycles. The molecule has 1 aliphatic rings. The summed E-state index contributed by atoms with van der Waals surface area (Å²) in [5.41, 5.74) is 0. The number of carbonyl (C=O) groups is 1. The molecule has 0 bridgehead atoms. The van der Waals surface area contributed by atoms with Gasteiger partial charge < -0.3 is 4.74 Å². The van der Waals surface area contributed by atoms with Crippen molar-refractivity contribution in [1.82, 2.24) is 4.90 Å². The number of hydrogen-bond donors (Lipinski definition) is 0. The van der Waals surface area contributed by atoms with Gasteiger partial charge in [-0.3, -0.25) is 9.69 Å². The van der Waals surface area contributed by atoms with Gasteiger partial charge in [-0.2, -0.15) is 0 Å². The molecular formula is C11H21NO2. The third-order valence-electron chi connectivity index (χ3n) is 2.72. The van der Waals surface area contributed by atoms with Gasteiger partial charge in [0, 0.05) is 20.1 Å². The second-order valence-corrected chi connectivity index (χ2v) is 4.02. The number of piperidine rings is 1. The highest BCUT2D eigenvalue weighted by molar-refractivity contribution is 5.80. The van der Waals surface area contributed by atoms with Gasteiger partial charge in [-0.1, -0.05) is 6.92 Å². The highest BCUT2D eigenvalue weighted by Crippen LogP contribution is 2.12. The average molecular weight is 199 g/mol. The molecule has 0 radical (unpaired) electrons. The van der Waals surface area contributed by atoms with Crippen LogP contribution in [0, 0.1) is 0 Å². The van der Waals surface area contributed by atoms with Crippen LogP contribution < -0.4 is 0 Å². The zero-order valence-corrected chi connectivity index (χ0v) is 9.29. The Morgan fingerprint density at radius 2 is 2.36 bits per heavy atom. The van der Waals surface area contributed by atoms with Crippen molar-refractivity contribution in [2.24, 2.45) is 0 Å². The van der Waals surface area contributed by atoms with Gasteiger partial charge in [0.25, 0.3) is 0 Å². The van der Waals surface area contributed by atoms with E-state index in [9.17, 15) is 4.79 Å². The SMILES string of the molecule is CCCC(=O)CN1CCCC(OC)C1. The summed E-state index contributed by atoms with van der Waals surface area (Å²) < 4.78 is 5.31. The lowest BCUT2D eigenvalue weighted by atomic mass is 10.1. The highest BCUT2D eigenvalue weighted by atomic mass is 16.5. The fourth-order valence-electron chi connectivity index (χ4n) is 1.96. The molecule has 1 fully saturated rings. The molecule has 3 nitrogen and oxygen atoms in total. The Balaban J connectivity index is 2.26.